The molecule has 0 unspecified atom stereocenters. The van der Waals surface area contributed by atoms with Gasteiger partial charge in [0.25, 0.3) is 0 Å². The van der Waals surface area contributed by atoms with Gasteiger partial charge in [-0.3, -0.25) is 0 Å². The number of halogens is 4. The molecule has 2 rings (SSSR count). The fourth-order valence-electron chi connectivity index (χ4n) is 2.00. The average molecular weight is 358 g/mol. The number of alkyl halides is 3. The molecular weight excluding hydrogens is 344 g/mol. The van der Waals surface area contributed by atoms with Gasteiger partial charge in [0.05, 0.1) is 25.5 Å². The largest absolute Gasteiger partial charge is 0.493 e. The lowest BCUT2D eigenvalue weighted by molar-refractivity contribution is -0.137. The highest BCUT2D eigenvalue weighted by molar-refractivity contribution is 6.00. The van der Waals surface area contributed by atoms with E-state index in [0.717, 1.165) is 0 Å². The van der Waals surface area contributed by atoms with Gasteiger partial charge in [0, 0.05) is 11.8 Å². The molecular formula is C16H14F4N2O3. The number of anilines is 2. The van der Waals surface area contributed by atoms with Crippen LogP contribution in [0, 0.1) is 5.82 Å². The molecule has 0 heterocycles. The standard InChI is InChI=1S/C16H14F4N2O3/c1-24-13-6-4-10(8-14(13)25-2)21-15(23)22-12-7-9(16(18,19)20)3-5-11(12)17/h3-8H,1-2H3,(H2,21,22,23). The number of carbonyl (C=O) groups is 1. The van der Waals surface area contributed by atoms with E-state index < -0.39 is 29.3 Å². The number of ether oxygens (including phenoxy) is 2. The fraction of sp³-hybridized carbons (Fsp3) is 0.188. The Labute approximate surface area is 140 Å². The third kappa shape index (κ3) is 4.52. The van der Waals surface area contributed by atoms with E-state index in [1.165, 1.54) is 32.4 Å². The van der Waals surface area contributed by atoms with E-state index >= 15 is 0 Å². The van der Waals surface area contributed by atoms with Crippen molar-refractivity contribution >= 4 is 17.4 Å². The van der Waals surface area contributed by atoms with Crippen LogP contribution in [-0.4, -0.2) is 20.3 Å². The smallest absolute Gasteiger partial charge is 0.416 e. The molecule has 0 aromatic heterocycles. The van der Waals surface area contributed by atoms with Gasteiger partial charge in [-0.25, -0.2) is 9.18 Å². The molecule has 2 aromatic carbocycles. The van der Waals surface area contributed by atoms with Crippen molar-refractivity contribution in [1.29, 1.82) is 0 Å². The van der Waals surface area contributed by atoms with E-state index in [9.17, 15) is 22.4 Å². The lowest BCUT2D eigenvalue weighted by atomic mass is 10.2. The minimum Gasteiger partial charge on any atom is -0.493 e. The predicted octanol–water partition coefficient (Wildman–Crippen LogP) is 4.51. The molecule has 25 heavy (non-hydrogen) atoms. The van der Waals surface area contributed by atoms with Crippen LogP contribution in [0.1, 0.15) is 5.56 Å². The highest BCUT2D eigenvalue weighted by Gasteiger charge is 2.31. The average Bonchev–Trinajstić information content (AvgIpc) is 2.55. The summed E-state index contributed by atoms with van der Waals surface area (Å²) >= 11 is 0. The number of amides is 2. The first-order valence-electron chi connectivity index (χ1n) is 6.91. The second kappa shape index (κ2) is 7.29. The molecule has 0 fully saturated rings. The SMILES string of the molecule is COc1ccc(NC(=O)Nc2cc(C(F)(F)F)ccc2F)cc1OC. The van der Waals surface area contributed by atoms with Crippen LogP contribution in [-0.2, 0) is 6.18 Å². The zero-order chi connectivity index (χ0) is 18.6. The first-order valence-corrected chi connectivity index (χ1v) is 6.91. The molecule has 0 radical (unpaired) electrons. The molecule has 0 bridgehead atoms. The summed E-state index contributed by atoms with van der Waals surface area (Å²) in [7, 11) is 2.84. The van der Waals surface area contributed by atoms with Crippen molar-refractivity contribution in [1.82, 2.24) is 0 Å². The van der Waals surface area contributed by atoms with E-state index in [-0.39, 0.29) is 5.69 Å². The Bertz CT molecular complexity index is 778. The monoisotopic (exact) mass is 358 g/mol. The Morgan fingerprint density at radius 3 is 2.24 bits per heavy atom. The highest BCUT2D eigenvalue weighted by Crippen LogP contribution is 2.32. The van der Waals surface area contributed by atoms with E-state index in [2.05, 4.69) is 5.32 Å². The molecule has 2 aromatic rings. The third-order valence-corrected chi connectivity index (χ3v) is 3.18. The quantitative estimate of drug-likeness (QED) is 0.791. The molecule has 0 aliphatic heterocycles. The van der Waals surface area contributed by atoms with Crippen LogP contribution in [0.25, 0.3) is 0 Å². The van der Waals surface area contributed by atoms with Crippen molar-refractivity contribution in [3.8, 4) is 11.5 Å². The van der Waals surface area contributed by atoms with Crippen molar-refractivity contribution in [2.45, 2.75) is 6.18 Å². The van der Waals surface area contributed by atoms with E-state index in [1.807, 2.05) is 5.32 Å². The van der Waals surface area contributed by atoms with Crippen molar-refractivity contribution in [2.24, 2.45) is 0 Å². The van der Waals surface area contributed by atoms with Gasteiger partial charge in [-0.2, -0.15) is 13.2 Å². The highest BCUT2D eigenvalue weighted by atomic mass is 19.4. The molecule has 9 heteroatoms. The molecule has 5 nitrogen and oxygen atoms in total. The third-order valence-electron chi connectivity index (χ3n) is 3.18. The summed E-state index contributed by atoms with van der Waals surface area (Å²) in [5.74, 6) is -0.224. The first-order chi connectivity index (χ1) is 11.7. The van der Waals surface area contributed by atoms with Gasteiger partial charge >= 0.3 is 12.2 Å². The maximum Gasteiger partial charge on any atom is 0.416 e. The van der Waals surface area contributed by atoms with Gasteiger partial charge in [-0.15, -0.1) is 0 Å². The Hall–Kier alpha value is -2.97. The second-order valence-electron chi connectivity index (χ2n) is 4.84. The molecule has 0 aliphatic rings. The molecule has 0 saturated heterocycles. The number of benzene rings is 2. The van der Waals surface area contributed by atoms with Crippen molar-refractivity contribution in [3.63, 3.8) is 0 Å². The number of nitrogens with one attached hydrogen (secondary N) is 2. The van der Waals surface area contributed by atoms with Crippen molar-refractivity contribution in [2.75, 3.05) is 24.9 Å². The normalized spacial score (nSPS) is 11.0. The molecule has 2 N–H and O–H groups in total. The Kier molecular flexibility index (Phi) is 5.35. The van der Waals surface area contributed by atoms with E-state index in [1.54, 1.807) is 0 Å². The van der Waals surface area contributed by atoms with Gasteiger partial charge < -0.3 is 20.1 Å². The Morgan fingerprint density at radius 1 is 0.960 bits per heavy atom. The lowest BCUT2D eigenvalue weighted by Crippen LogP contribution is -2.20. The molecule has 0 saturated carbocycles. The van der Waals surface area contributed by atoms with Gasteiger partial charge in [0.15, 0.2) is 11.5 Å². The van der Waals surface area contributed by atoms with Crippen LogP contribution in [0.4, 0.5) is 33.7 Å². The molecule has 0 spiro atoms. The van der Waals surface area contributed by atoms with Crippen LogP contribution in [0.15, 0.2) is 36.4 Å². The van der Waals surface area contributed by atoms with Gasteiger partial charge in [-0.05, 0) is 30.3 Å². The Morgan fingerprint density at radius 2 is 1.64 bits per heavy atom. The van der Waals surface area contributed by atoms with Crippen LogP contribution >= 0.6 is 0 Å². The second-order valence-corrected chi connectivity index (χ2v) is 4.84. The van der Waals surface area contributed by atoms with E-state index in [4.69, 9.17) is 9.47 Å². The molecule has 134 valence electrons. The molecule has 0 aliphatic carbocycles. The minimum atomic E-state index is -4.65. The van der Waals surface area contributed by atoms with Crippen molar-refractivity contribution in [3.05, 3.63) is 47.8 Å². The lowest BCUT2D eigenvalue weighted by Gasteiger charge is -2.13. The maximum atomic E-state index is 13.6. The summed E-state index contributed by atoms with van der Waals surface area (Å²) in [6.45, 7) is 0. The maximum absolute atomic E-state index is 13.6. The topological polar surface area (TPSA) is 59.6 Å². The first kappa shape index (κ1) is 18.4. The zero-order valence-electron chi connectivity index (χ0n) is 13.2. The summed E-state index contributed by atoms with van der Waals surface area (Å²) in [6.07, 6.45) is -4.65. The van der Waals surface area contributed by atoms with Crippen LogP contribution in [0.3, 0.4) is 0 Å². The number of rotatable bonds is 4. The van der Waals surface area contributed by atoms with Crippen LogP contribution < -0.4 is 20.1 Å². The van der Waals surface area contributed by atoms with Crippen molar-refractivity contribution < 1.29 is 31.8 Å². The number of carbonyl (C=O) groups excluding carboxylic acids is 1. The minimum absolute atomic E-state index is 0.280. The number of hydrogen-bond acceptors (Lipinski definition) is 3. The number of urea groups is 1. The van der Waals surface area contributed by atoms with Gasteiger partial charge in [0.2, 0.25) is 0 Å². The van der Waals surface area contributed by atoms with Crippen LogP contribution in [0.2, 0.25) is 0 Å². The molecule has 2 amide bonds. The predicted molar refractivity (Wildman–Crippen MR) is 83.6 cm³/mol. The summed E-state index contributed by atoms with van der Waals surface area (Å²) in [4.78, 5) is 11.9. The van der Waals surface area contributed by atoms with Gasteiger partial charge in [0.1, 0.15) is 5.82 Å². The summed E-state index contributed by atoms with van der Waals surface area (Å²) in [5.41, 5.74) is -1.38. The Balaban J connectivity index is 2.15. The van der Waals surface area contributed by atoms with E-state index in [0.29, 0.717) is 29.7 Å². The fourth-order valence-corrected chi connectivity index (χ4v) is 2.00. The summed E-state index contributed by atoms with van der Waals surface area (Å²) < 4.78 is 61.7. The molecule has 0 atom stereocenters. The number of methoxy groups -OCH3 is 2. The van der Waals surface area contributed by atoms with Gasteiger partial charge in [-0.1, -0.05) is 0 Å². The summed E-state index contributed by atoms with van der Waals surface area (Å²) in [6, 6.07) is 5.29. The van der Waals surface area contributed by atoms with Crippen LogP contribution in [0.5, 0.6) is 11.5 Å². The zero-order valence-corrected chi connectivity index (χ0v) is 13.2. The summed E-state index contributed by atoms with van der Waals surface area (Å²) in [5, 5.41) is 4.41. The number of hydrogen-bond donors (Lipinski definition) is 2.